The maximum atomic E-state index is 12.2. The molecule has 2 amide bonds. The number of benzene rings is 2. The van der Waals surface area contributed by atoms with E-state index in [0.717, 1.165) is 4.90 Å². The molecule has 27 heavy (non-hydrogen) atoms. The Kier molecular flexibility index (Phi) is 5.68. The summed E-state index contributed by atoms with van der Waals surface area (Å²) < 4.78 is 10.6. The van der Waals surface area contributed by atoms with Crippen LogP contribution in [0, 0.1) is 0 Å². The van der Waals surface area contributed by atoms with Crippen LogP contribution in [0.15, 0.2) is 42.5 Å². The van der Waals surface area contributed by atoms with Gasteiger partial charge in [0.1, 0.15) is 17.4 Å². The van der Waals surface area contributed by atoms with Gasteiger partial charge in [-0.15, -0.1) is 0 Å². The van der Waals surface area contributed by atoms with Crippen LogP contribution in [0.25, 0.3) is 0 Å². The topological polar surface area (TPSA) is 72.9 Å². The number of amides is 2. The predicted octanol–water partition coefficient (Wildman–Crippen LogP) is 3.60. The van der Waals surface area contributed by atoms with Crippen molar-refractivity contribution in [2.24, 2.45) is 0 Å². The number of carbonyl (C=O) groups is 3. The summed E-state index contributed by atoms with van der Waals surface area (Å²) in [7, 11) is 0. The van der Waals surface area contributed by atoms with E-state index in [1.165, 1.54) is 6.92 Å². The number of esters is 1. The van der Waals surface area contributed by atoms with Crippen molar-refractivity contribution in [3.63, 3.8) is 0 Å². The first-order valence-electron chi connectivity index (χ1n) is 8.12. The van der Waals surface area contributed by atoms with Gasteiger partial charge in [0, 0.05) is 0 Å². The number of nitrogens with zero attached hydrogens (tertiary/aromatic N) is 1. The molecule has 1 atom stereocenters. The highest BCUT2D eigenvalue weighted by molar-refractivity contribution is 6.42. The highest BCUT2D eigenvalue weighted by Gasteiger charge is 2.35. The van der Waals surface area contributed by atoms with E-state index in [1.54, 1.807) is 42.5 Å². The Morgan fingerprint density at radius 1 is 1.04 bits per heavy atom. The number of imide groups is 1. The van der Waals surface area contributed by atoms with Gasteiger partial charge in [0.15, 0.2) is 6.10 Å². The third kappa shape index (κ3) is 3.91. The molecule has 1 heterocycles. The average molecular weight is 408 g/mol. The predicted molar refractivity (Wildman–Crippen MR) is 99.3 cm³/mol. The number of rotatable bonds is 6. The molecule has 2 aromatic carbocycles. The standard InChI is InChI=1S/C19H15Cl2NO5/c1-11(27-15-8-4-7-14(20)16(15)21)19(25)26-10-9-22-17(23)12-5-2-3-6-13(12)18(22)24/h2-8,11H,9-10H2,1H3. The van der Waals surface area contributed by atoms with Crippen LogP contribution in [0.4, 0.5) is 0 Å². The summed E-state index contributed by atoms with van der Waals surface area (Å²) in [5.41, 5.74) is 0.697. The van der Waals surface area contributed by atoms with Crippen molar-refractivity contribution in [3.05, 3.63) is 63.6 Å². The molecule has 1 aliphatic heterocycles. The Labute approximate surface area is 165 Å². The minimum atomic E-state index is -0.942. The van der Waals surface area contributed by atoms with Crippen LogP contribution >= 0.6 is 23.2 Å². The second-order valence-electron chi connectivity index (χ2n) is 5.79. The highest BCUT2D eigenvalue weighted by atomic mass is 35.5. The van der Waals surface area contributed by atoms with E-state index >= 15 is 0 Å². The number of fused-ring (bicyclic) bond motifs is 1. The molecule has 3 rings (SSSR count). The van der Waals surface area contributed by atoms with Gasteiger partial charge in [-0.3, -0.25) is 14.5 Å². The zero-order valence-electron chi connectivity index (χ0n) is 14.3. The summed E-state index contributed by atoms with van der Waals surface area (Å²) in [6, 6.07) is 11.4. The van der Waals surface area contributed by atoms with E-state index in [1.807, 2.05) is 0 Å². The molecule has 0 fully saturated rings. The molecular weight excluding hydrogens is 393 g/mol. The van der Waals surface area contributed by atoms with E-state index in [9.17, 15) is 14.4 Å². The molecule has 0 N–H and O–H groups in total. The lowest BCUT2D eigenvalue weighted by Crippen LogP contribution is -2.35. The largest absolute Gasteiger partial charge is 0.477 e. The smallest absolute Gasteiger partial charge is 0.347 e. The third-order valence-electron chi connectivity index (χ3n) is 3.99. The normalized spacial score (nSPS) is 14.1. The van der Waals surface area contributed by atoms with Gasteiger partial charge < -0.3 is 9.47 Å². The lowest BCUT2D eigenvalue weighted by molar-refractivity contribution is -0.151. The van der Waals surface area contributed by atoms with Gasteiger partial charge in [-0.2, -0.15) is 0 Å². The molecule has 6 nitrogen and oxygen atoms in total. The molecule has 1 aliphatic rings. The Morgan fingerprint density at radius 2 is 1.67 bits per heavy atom. The SMILES string of the molecule is CC(Oc1cccc(Cl)c1Cl)C(=O)OCCN1C(=O)c2ccccc2C1=O. The molecule has 0 saturated carbocycles. The molecule has 0 radical (unpaired) electrons. The summed E-state index contributed by atoms with van der Waals surface area (Å²) >= 11 is 11.9. The van der Waals surface area contributed by atoms with E-state index in [4.69, 9.17) is 32.7 Å². The van der Waals surface area contributed by atoms with Crippen LogP contribution in [-0.4, -0.2) is 41.9 Å². The van der Waals surface area contributed by atoms with Gasteiger partial charge in [-0.1, -0.05) is 41.4 Å². The number of hydrogen-bond acceptors (Lipinski definition) is 5. The summed E-state index contributed by atoms with van der Waals surface area (Å²) in [5, 5.41) is 0.505. The number of ether oxygens (including phenoxy) is 2. The fourth-order valence-corrected chi connectivity index (χ4v) is 2.95. The van der Waals surface area contributed by atoms with Crippen molar-refractivity contribution >= 4 is 41.0 Å². The number of halogens is 2. The maximum Gasteiger partial charge on any atom is 0.347 e. The van der Waals surface area contributed by atoms with Crippen LogP contribution in [0.2, 0.25) is 10.0 Å². The minimum absolute atomic E-state index is 0.0390. The van der Waals surface area contributed by atoms with E-state index in [-0.39, 0.29) is 23.9 Å². The first-order chi connectivity index (χ1) is 12.9. The first-order valence-corrected chi connectivity index (χ1v) is 8.88. The van der Waals surface area contributed by atoms with Gasteiger partial charge in [0.25, 0.3) is 11.8 Å². The number of carbonyl (C=O) groups excluding carboxylic acids is 3. The quantitative estimate of drug-likeness (QED) is 0.540. The van der Waals surface area contributed by atoms with Crippen molar-refractivity contribution in [1.29, 1.82) is 0 Å². The molecule has 8 heteroatoms. The van der Waals surface area contributed by atoms with Gasteiger partial charge in [0.2, 0.25) is 0 Å². The van der Waals surface area contributed by atoms with Gasteiger partial charge in [-0.05, 0) is 31.2 Å². The second-order valence-corrected chi connectivity index (χ2v) is 6.57. The summed E-state index contributed by atoms with van der Waals surface area (Å²) in [6.07, 6.45) is -0.942. The Bertz CT molecular complexity index is 880. The van der Waals surface area contributed by atoms with Crippen molar-refractivity contribution in [2.75, 3.05) is 13.2 Å². The average Bonchev–Trinajstić information content (AvgIpc) is 2.90. The molecular formula is C19H15Cl2NO5. The zero-order valence-corrected chi connectivity index (χ0v) is 15.8. The number of hydrogen-bond donors (Lipinski definition) is 0. The van der Waals surface area contributed by atoms with Gasteiger partial charge >= 0.3 is 5.97 Å². The zero-order chi connectivity index (χ0) is 19.6. The molecule has 0 aliphatic carbocycles. The third-order valence-corrected chi connectivity index (χ3v) is 4.79. The minimum Gasteiger partial charge on any atom is -0.477 e. The van der Waals surface area contributed by atoms with Gasteiger partial charge in [0.05, 0.1) is 22.7 Å². The van der Waals surface area contributed by atoms with E-state index in [0.29, 0.717) is 16.1 Å². The van der Waals surface area contributed by atoms with Crippen LogP contribution in [-0.2, 0) is 9.53 Å². The molecule has 1 unspecified atom stereocenters. The fraction of sp³-hybridized carbons (Fsp3) is 0.211. The Balaban J connectivity index is 1.53. The van der Waals surface area contributed by atoms with Crippen LogP contribution < -0.4 is 4.74 Å². The molecule has 2 aromatic rings. The second kappa shape index (κ2) is 7.98. The van der Waals surface area contributed by atoms with E-state index < -0.39 is 23.9 Å². The van der Waals surface area contributed by atoms with Crippen molar-refractivity contribution in [3.8, 4) is 5.75 Å². The van der Waals surface area contributed by atoms with Crippen molar-refractivity contribution < 1.29 is 23.9 Å². The summed E-state index contributed by atoms with van der Waals surface area (Å²) in [5.74, 6) is -1.19. The van der Waals surface area contributed by atoms with Gasteiger partial charge in [-0.25, -0.2) is 4.79 Å². The summed E-state index contributed by atoms with van der Waals surface area (Å²) in [4.78, 5) is 37.6. The Morgan fingerprint density at radius 3 is 2.30 bits per heavy atom. The van der Waals surface area contributed by atoms with Crippen LogP contribution in [0.3, 0.4) is 0 Å². The monoisotopic (exact) mass is 407 g/mol. The first kappa shape index (κ1) is 19.2. The molecule has 0 saturated heterocycles. The molecule has 0 bridgehead atoms. The molecule has 0 aromatic heterocycles. The van der Waals surface area contributed by atoms with Crippen LogP contribution in [0.5, 0.6) is 5.75 Å². The van der Waals surface area contributed by atoms with E-state index in [2.05, 4.69) is 0 Å². The van der Waals surface area contributed by atoms with Crippen LogP contribution in [0.1, 0.15) is 27.6 Å². The van der Waals surface area contributed by atoms with Crippen molar-refractivity contribution in [1.82, 2.24) is 4.90 Å². The molecule has 140 valence electrons. The Hall–Kier alpha value is -2.57. The summed E-state index contributed by atoms with van der Waals surface area (Å²) in [6.45, 7) is 1.32. The fourth-order valence-electron chi connectivity index (χ4n) is 2.61. The highest BCUT2D eigenvalue weighted by Crippen LogP contribution is 2.32. The lowest BCUT2D eigenvalue weighted by Gasteiger charge is -2.17. The van der Waals surface area contributed by atoms with Crippen molar-refractivity contribution in [2.45, 2.75) is 13.0 Å². The molecule has 0 spiro atoms. The lowest BCUT2D eigenvalue weighted by atomic mass is 10.1. The maximum absolute atomic E-state index is 12.2.